The van der Waals surface area contributed by atoms with Gasteiger partial charge in [0.2, 0.25) is 0 Å². The minimum atomic E-state index is -4.08. The normalized spacial score (nSPS) is 20.6. The lowest BCUT2D eigenvalue weighted by molar-refractivity contribution is -0.175. The molecule has 0 aromatic heterocycles. The summed E-state index contributed by atoms with van der Waals surface area (Å²) < 4.78 is 38.3. The highest BCUT2D eigenvalue weighted by molar-refractivity contribution is 5.48. The minimum absolute atomic E-state index is 0.0782. The van der Waals surface area contributed by atoms with Crippen LogP contribution in [0.2, 0.25) is 0 Å². The predicted molar refractivity (Wildman–Crippen MR) is 70.2 cm³/mol. The zero-order chi connectivity index (χ0) is 13.9. The Morgan fingerprint density at radius 2 is 1.95 bits per heavy atom. The van der Waals surface area contributed by atoms with Gasteiger partial charge in [-0.1, -0.05) is 12.1 Å². The Hall–Kier alpha value is -1.23. The van der Waals surface area contributed by atoms with Gasteiger partial charge in [-0.15, -0.1) is 0 Å². The van der Waals surface area contributed by atoms with E-state index in [1.165, 1.54) is 0 Å². The molecule has 1 fully saturated rings. The second kappa shape index (κ2) is 5.82. The molecule has 0 spiro atoms. The van der Waals surface area contributed by atoms with E-state index in [-0.39, 0.29) is 13.0 Å². The fourth-order valence-corrected chi connectivity index (χ4v) is 2.51. The Balaban J connectivity index is 2.04. The van der Waals surface area contributed by atoms with Crippen LogP contribution in [0.4, 0.5) is 18.9 Å². The number of piperidine rings is 1. The topological polar surface area (TPSA) is 15.3 Å². The van der Waals surface area contributed by atoms with Crippen molar-refractivity contribution >= 4 is 5.69 Å². The fraction of sp³-hybridized carbons (Fsp3) is 0.571. The van der Waals surface area contributed by atoms with E-state index in [9.17, 15) is 13.2 Å². The van der Waals surface area contributed by atoms with Crippen LogP contribution in [0.3, 0.4) is 0 Å². The maximum absolute atomic E-state index is 12.8. The highest BCUT2D eigenvalue weighted by atomic mass is 19.4. The van der Waals surface area contributed by atoms with E-state index in [0.717, 1.165) is 17.8 Å². The molecule has 1 atom stereocenters. The smallest absolute Gasteiger partial charge is 0.371 e. The second-order valence-electron chi connectivity index (χ2n) is 5.02. The first-order valence-corrected chi connectivity index (χ1v) is 6.56. The molecule has 0 bridgehead atoms. The van der Waals surface area contributed by atoms with Gasteiger partial charge in [0.25, 0.3) is 0 Å². The lowest BCUT2D eigenvalue weighted by Gasteiger charge is -2.35. The van der Waals surface area contributed by atoms with Gasteiger partial charge in [0.15, 0.2) is 0 Å². The molecule has 1 aliphatic rings. The molecule has 1 N–H and O–H groups in total. The number of alkyl halides is 3. The summed E-state index contributed by atoms with van der Waals surface area (Å²) in [5, 5.41) is 3.05. The summed E-state index contributed by atoms with van der Waals surface area (Å²) in [6.07, 6.45) is -3.23. The number of halogens is 3. The van der Waals surface area contributed by atoms with Crippen LogP contribution in [0.5, 0.6) is 0 Å². The van der Waals surface area contributed by atoms with Crippen molar-refractivity contribution in [2.45, 2.75) is 25.6 Å². The van der Waals surface area contributed by atoms with Gasteiger partial charge in [-0.05, 0) is 37.6 Å². The van der Waals surface area contributed by atoms with Gasteiger partial charge in [0, 0.05) is 25.3 Å². The summed E-state index contributed by atoms with van der Waals surface area (Å²) in [6.45, 7) is 1.55. The van der Waals surface area contributed by atoms with Crippen LogP contribution >= 0.6 is 0 Å². The summed E-state index contributed by atoms with van der Waals surface area (Å²) in [5.41, 5.74) is 2.02. The number of rotatable bonds is 3. The monoisotopic (exact) mass is 272 g/mol. The van der Waals surface area contributed by atoms with Crippen LogP contribution in [0.25, 0.3) is 0 Å². The maximum Gasteiger partial charge on any atom is 0.393 e. The molecule has 0 amide bonds. The first-order chi connectivity index (χ1) is 9.00. The van der Waals surface area contributed by atoms with Gasteiger partial charge >= 0.3 is 6.18 Å². The molecule has 1 unspecified atom stereocenters. The highest BCUT2D eigenvalue weighted by Crippen LogP contribution is 2.34. The standard InChI is InChI=1S/C14H19F3N2/c1-18-9-11-4-6-13(7-5-11)19-8-2-3-12(10-19)14(15,16)17/h4-7,12,18H,2-3,8-10H2,1H3. The molecule has 1 aromatic carbocycles. The van der Waals surface area contributed by atoms with Gasteiger partial charge in [0.05, 0.1) is 5.92 Å². The molecule has 1 heterocycles. The summed E-state index contributed by atoms with van der Waals surface area (Å²) in [5.74, 6) is -1.20. The van der Waals surface area contributed by atoms with Crippen molar-refractivity contribution in [1.29, 1.82) is 0 Å². The van der Waals surface area contributed by atoms with Crippen molar-refractivity contribution < 1.29 is 13.2 Å². The molecule has 2 nitrogen and oxygen atoms in total. The second-order valence-corrected chi connectivity index (χ2v) is 5.02. The van der Waals surface area contributed by atoms with Crippen LogP contribution in [-0.2, 0) is 6.54 Å². The molecule has 1 aromatic rings. The van der Waals surface area contributed by atoms with Gasteiger partial charge in [-0.25, -0.2) is 0 Å². The number of nitrogens with zero attached hydrogens (tertiary/aromatic N) is 1. The Morgan fingerprint density at radius 1 is 1.26 bits per heavy atom. The van der Waals surface area contributed by atoms with E-state index >= 15 is 0 Å². The van der Waals surface area contributed by atoms with Gasteiger partial charge in [-0.3, -0.25) is 0 Å². The Kier molecular flexibility index (Phi) is 4.34. The van der Waals surface area contributed by atoms with E-state index in [1.54, 1.807) is 0 Å². The van der Waals surface area contributed by atoms with E-state index < -0.39 is 12.1 Å². The van der Waals surface area contributed by atoms with Crippen molar-refractivity contribution in [3.8, 4) is 0 Å². The van der Waals surface area contributed by atoms with Crippen LogP contribution in [0.15, 0.2) is 24.3 Å². The third-order valence-electron chi connectivity index (χ3n) is 3.57. The van der Waals surface area contributed by atoms with E-state index in [4.69, 9.17) is 0 Å². The molecule has 5 heteroatoms. The minimum Gasteiger partial charge on any atom is -0.371 e. The van der Waals surface area contributed by atoms with E-state index in [1.807, 2.05) is 36.2 Å². The average molecular weight is 272 g/mol. The number of anilines is 1. The number of benzene rings is 1. The van der Waals surface area contributed by atoms with Gasteiger partial charge in [0.1, 0.15) is 0 Å². The summed E-state index contributed by atoms with van der Waals surface area (Å²) in [7, 11) is 1.87. The van der Waals surface area contributed by atoms with Crippen molar-refractivity contribution in [3.63, 3.8) is 0 Å². The number of hydrogen-bond acceptors (Lipinski definition) is 2. The maximum atomic E-state index is 12.8. The SMILES string of the molecule is CNCc1ccc(N2CCCC(C(F)(F)F)C2)cc1. The predicted octanol–water partition coefficient (Wildman–Crippen LogP) is 3.18. The fourth-order valence-electron chi connectivity index (χ4n) is 2.51. The molecule has 19 heavy (non-hydrogen) atoms. The third-order valence-corrected chi connectivity index (χ3v) is 3.57. The largest absolute Gasteiger partial charge is 0.393 e. The quantitative estimate of drug-likeness (QED) is 0.909. The lowest BCUT2D eigenvalue weighted by atomic mass is 9.97. The molecule has 0 saturated carbocycles. The number of hydrogen-bond donors (Lipinski definition) is 1. The van der Waals surface area contributed by atoms with E-state index in [0.29, 0.717) is 13.0 Å². The first kappa shape index (κ1) is 14.2. The van der Waals surface area contributed by atoms with Crippen LogP contribution in [0, 0.1) is 5.92 Å². The zero-order valence-electron chi connectivity index (χ0n) is 11.0. The summed E-state index contributed by atoms with van der Waals surface area (Å²) in [4.78, 5) is 1.84. The average Bonchev–Trinajstić information content (AvgIpc) is 2.39. The molecule has 1 saturated heterocycles. The summed E-state index contributed by atoms with van der Waals surface area (Å²) >= 11 is 0. The molecule has 0 aliphatic carbocycles. The molecule has 106 valence electrons. The van der Waals surface area contributed by atoms with E-state index in [2.05, 4.69) is 5.32 Å². The highest BCUT2D eigenvalue weighted by Gasteiger charge is 2.41. The zero-order valence-corrected chi connectivity index (χ0v) is 11.0. The van der Waals surface area contributed by atoms with Gasteiger partial charge < -0.3 is 10.2 Å². The van der Waals surface area contributed by atoms with Gasteiger partial charge in [-0.2, -0.15) is 13.2 Å². The van der Waals surface area contributed by atoms with Crippen LogP contribution < -0.4 is 10.2 Å². The van der Waals surface area contributed by atoms with Crippen LogP contribution in [0.1, 0.15) is 18.4 Å². The Bertz CT molecular complexity index is 400. The lowest BCUT2D eigenvalue weighted by Crippen LogP contribution is -2.41. The van der Waals surface area contributed by atoms with Crippen LogP contribution in [-0.4, -0.2) is 26.3 Å². The third kappa shape index (κ3) is 3.62. The molecular weight excluding hydrogens is 253 g/mol. The van der Waals surface area contributed by atoms with Crippen molar-refractivity contribution in [1.82, 2.24) is 5.32 Å². The molecule has 0 radical (unpaired) electrons. The Labute approximate surface area is 111 Å². The van der Waals surface area contributed by atoms with Crippen molar-refractivity contribution in [2.75, 3.05) is 25.0 Å². The molecule has 1 aliphatic heterocycles. The Morgan fingerprint density at radius 3 is 2.53 bits per heavy atom. The van der Waals surface area contributed by atoms with Crippen molar-refractivity contribution in [3.05, 3.63) is 29.8 Å². The molecular formula is C14H19F3N2. The van der Waals surface area contributed by atoms with Crippen molar-refractivity contribution in [2.24, 2.45) is 5.92 Å². The summed E-state index contributed by atoms with van der Waals surface area (Å²) in [6, 6.07) is 7.74. The molecule has 2 rings (SSSR count). The first-order valence-electron chi connectivity index (χ1n) is 6.56. The number of nitrogens with one attached hydrogen (secondary N) is 1.